The number of thiophene rings is 1. The molecule has 4 heterocycles. The van der Waals surface area contributed by atoms with E-state index in [0.717, 1.165) is 16.3 Å². The van der Waals surface area contributed by atoms with E-state index in [4.69, 9.17) is 0 Å². The Morgan fingerprint density at radius 3 is 3.04 bits per heavy atom. The van der Waals surface area contributed by atoms with Crippen molar-refractivity contribution in [3.63, 3.8) is 0 Å². The molecule has 0 saturated heterocycles. The van der Waals surface area contributed by atoms with Crippen LogP contribution >= 0.6 is 34.4 Å². The van der Waals surface area contributed by atoms with Crippen molar-refractivity contribution in [2.45, 2.75) is 5.88 Å². The summed E-state index contributed by atoms with van der Waals surface area (Å²) in [5.74, 6) is 0.453. The first-order valence-corrected chi connectivity index (χ1v) is 9.78. The first-order valence-electron chi connectivity index (χ1n) is 6.56. The van der Waals surface area contributed by atoms with Gasteiger partial charge in [-0.05, 0) is 17.7 Å². The van der Waals surface area contributed by atoms with Crippen molar-refractivity contribution < 1.29 is 0 Å². The van der Waals surface area contributed by atoms with Crippen LogP contribution in [0.2, 0.25) is 0 Å². The predicted octanol–water partition coefficient (Wildman–Crippen LogP) is 2.46. The minimum atomic E-state index is -0.252. The van der Waals surface area contributed by atoms with Crippen molar-refractivity contribution in [2.75, 3.05) is 6.26 Å². The van der Waals surface area contributed by atoms with Gasteiger partial charge in [0.2, 0.25) is 0 Å². The molecule has 116 valence electrons. The highest BCUT2D eigenvalue weighted by Crippen LogP contribution is 2.30. The molecule has 23 heavy (non-hydrogen) atoms. The summed E-state index contributed by atoms with van der Waals surface area (Å²) >= 11 is 4.61. The van der Waals surface area contributed by atoms with Crippen LogP contribution in [0.25, 0.3) is 27.6 Å². The molecule has 0 aliphatic heterocycles. The molecule has 0 aromatic carbocycles. The van der Waals surface area contributed by atoms with E-state index in [1.54, 1.807) is 11.3 Å². The lowest BCUT2D eigenvalue weighted by atomic mass is 10.3. The highest BCUT2D eigenvalue weighted by Gasteiger charge is 2.16. The molecule has 0 atom stereocenters. The zero-order valence-corrected chi connectivity index (χ0v) is 14.4. The van der Waals surface area contributed by atoms with Gasteiger partial charge in [-0.1, -0.05) is 5.21 Å². The van der Waals surface area contributed by atoms with E-state index >= 15 is 0 Å². The molecule has 0 unspecified atom stereocenters. The van der Waals surface area contributed by atoms with Gasteiger partial charge in [-0.25, -0.2) is 19.2 Å². The SMILES string of the molecule is CSCn1nnc2c(-c3nc(-c4ccsc4)cs3)ncn2c1=O. The second-order valence-corrected chi connectivity index (χ2v) is 7.10. The summed E-state index contributed by atoms with van der Waals surface area (Å²) in [4.78, 5) is 21.2. The van der Waals surface area contributed by atoms with E-state index in [-0.39, 0.29) is 5.69 Å². The van der Waals surface area contributed by atoms with Gasteiger partial charge in [0.1, 0.15) is 17.0 Å². The molecule has 0 fully saturated rings. The number of thioether (sulfide) groups is 1. The quantitative estimate of drug-likeness (QED) is 0.555. The number of aromatic nitrogens is 6. The monoisotopic (exact) mass is 362 g/mol. The first kappa shape index (κ1) is 14.5. The minimum absolute atomic E-state index is 0.252. The zero-order chi connectivity index (χ0) is 15.8. The van der Waals surface area contributed by atoms with Crippen molar-refractivity contribution in [3.05, 3.63) is 39.0 Å². The largest absolute Gasteiger partial charge is 0.353 e. The van der Waals surface area contributed by atoms with Crippen LogP contribution in [0.3, 0.4) is 0 Å². The molecule has 0 radical (unpaired) electrons. The van der Waals surface area contributed by atoms with Crippen LogP contribution in [0.4, 0.5) is 0 Å². The van der Waals surface area contributed by atoms with Crippen LogP contribution in [0.15, 0.2) is 33.3 Å². The van der Waals surface area contributed by atoms with E-state index in [1.165, 1.54) is 38.5 Å². The van der Waals surface area contributed by atoms with Gasteiger partial charge >= 0.3 is 5.69 Å². The Hall–Kier alpha value is -2.04. The molecule has 0 saturated carbocycles. The molecular weight excluding hydrogens is 352 g/mol. The second-order valence-electron chi connectivity index (χ2n) is 4.63. The third kappa shape index (κ3) is 2.48. The summed E-state index contributed by atoms with van der Waals surface area (Å²) in [5, 5.41) is 14.9. The number of nitrogens with zero attached hydrogens (tertiary/aromatic N) is 6. The third-order valence-electron chi connectivity index (χ3n) is 3.19. The van der Waals surface area contributed by atoms with Gasteiger partial charge in [0.15, 0.2) is 5.65 Å². The standard InChI is InChI=1S/C13H10N6OS3/c1-21-7-19-13(20)18-6-14-10(11(18)16-17-19)12-15-9(5-23-12)8-2-3-22-4-8/h2-6H,7H2,1H3. The molecule has 0 aliphatic rings. The molecule has 0 aliphatic carbocycles. The fourth-order valence-electron chi connectivity index (χ4n) is 2.12. The summed E-state index contributed by atoms with van der Waals surface area (Å²) < 4.78 is 2.71. The van der Waals surface area contributed by atoms with Crippen molar-refractivity contribution in [2.24, 2.45) is 0 Å². The van der Waals surface area contributed by atoms with Crippen LogP contribution in [0, 0.1) is 0 Å². The fourth-order valence-corrected chi connectivity index (χ4v) is 3.99. The first-order chi connectivity index (χ1) is 11.3. The molecule has 4 aromatic heterocycles. The van der Waals surface area contributed by atoms with E-state index < -0.39 is 0 Å². The van der Waals surface area contributed by atoms with E-state index in [1.807, 2.05) is 28.5 Å². The number of hydrogen-bond acceptors (Lipinski definition) is 8. The normalized spacial score (nSPS) is 11.3. The van der Waals surface area contributed by atoms with Gasteiger partial charge < -0.3 is 0 Å². The lowest BCUT2D eigenvalue weighted by Gasteiger charge is -2.00. The van der Waals surface area contributed by atoms with Crippen LogP contribution in [0.5, 0.6) is 0 Å². The average Bonchev–Trinajstić information content (AvgIpc) is 3.29. The Morgan fingerprint density at radius 1 is 1.35 bits per heavy atom. The minimum Gasteiger partial charge on any atom is -0.245 e. The molecule has 10 heteroatoms. The number of fused-ring (bicyclic) bond motifs is 1. The molecule has 0 N–H and O–H groups in total. The Kier molecular flexibility index (Phi) is 3.71. The van der Waals surface area contributed by atoms with Crippen molar-refractivity contribution in [1.29, 1.82) is 0 Å². The molecule has 0 amide bonds. The van der Waals surface area contributed by atoms with Gasteiger partial charge in [0, 0.05) is 16.3 Å². The fraction of sp³-hybridized carbons (Fsp3) is 0.154. The Labute approximate surface area is 142 Å². The Balaban J connectivity index is 1.81. The Morgan fingerprint density at radius 2 is 2.26 bits per heavy atom. The summed E-state index contributed by atoms with van der Waals surface area (Å²) in [6.07, 6.45) is 3.38. The molecule has 0 bridgehead atoms. The Bertz CT molecular complexity index is 1020. The van der Waals surface area contributed by atoms with Crippen molar-refractivity contribution >= 4 is 40.1 Å². The average molecular weight is 362 g/mol. The third-order valence-corrected chi connectivity index (χ3v) is 5.23. The lowest BCUT2D eigenvalue weighted by Crippen LogP contribution is -2.28. The summed E-state index contributed by atoms with van der Waals surface area (Å²) in [6, 6.07) is 2.02. The molecule has 4 aromatic rings. The van der Waals surface area contributed by atoms with Gasteiger partial charge in [0.05, 0.1) is 11.6 Å². The summed E-state index contributed by atoms with van der Waals surface area (Å²) in [5.41, 5.74) is 2.74. The summed E-state index contributed by atoms with van der Waals surface area (Å²) in [7, 11) is 0. The maximum Gasteiger partial charge on any atom is 0.353 e. The number of hydrogen-bond donors (Lipinski definition) is 0. The van der Waals surface area contributed by atoms with E-state index in [2.05, 4.69) is 20.3 Å². The van der Waals surface area contributed by atoms with Crippen molar-refractivity contribution in [1.82, 2.24) is 29.4 Å². The molecule has 0 spiro atoms. The molecular formula is C13H10N6OS3. The van der Waals surface area contributed by atoms with E-state index in [0.29, 0.717) is 17.2 Å². The van der Waals surface area contributed by atoms with Gasteiger partial charge in [-0.2, -0.15) is 16.0 Å². The molecule has 7 nitrogen and oxygen atoms in total. The van der Waals surface area contributed by atoms with Gasteiger partial charge in [-0.15, -0.1) is 28.2 Å². The van der Waals surface area contributed by atoms with Gasteiger partial charge in [-0.3, -0.25) is 0 Å². The smallest absolute Gasteiger partial charge is 0.245 e. The van der Waals surface area contributed by atoms with Crippen LogP contribution in [-0.2, 0) is 5.88 Å². The highest BCUT2D eigenvalue weighted by molar-refractivity contribution is 7.97. The maximum atomic E-state index is 12.3. The van der Waals surface area contributed by atoms with Crippen LogP contribution in [-0.4, -0.2) is 35.6 Å². The zero-order valence-electron chi connectivity index (χ0n) is 11.9. The number of rotatable bonds is 4. The topological polar surface area (TPSA) is 78.0 Å². The van der Waals surface area contributed by atoms with E-state index in [9.17, 15) is 4.79 Å². The molecule has 4 rings (SSSR count). The number of thiazole rings is 1. The highest BCUT2D eigenvalue weighted by atomic mass is 32.2. The van der Waals surface area contributed by atoms with Crippen LogP contribution < -0.4 is 5.69 Å². The maximum absolute atomic E-state index is 12.3. The lowest BCUT2D eigenvalue weighted by molar-refractivity contribution is 0.598. The summed E-state index contributed by atoms with van der Waals surface area (Å²) in [6.45, 7) is 0. The van der Waals surface area contributed by atoms with Gasteiger partial charge in [0.25, 0.3) is 0 Å². The predicted molar refractivity (Wildman–Crippen MR) is 93.0 cm³/mol. The second kappa shape index (κ2) is 5.87. The number of imidazole rings is 1. The van der Waals surface area contributed by atoms with Crippen LogP contribution in [0.1, 0.15) is 0 Å². The van der Waals surface area contributed by atoms with Crippen molar-refractivity contribution in [3.8, 4) is 22.0 Å².